The molecule has 2 atom stereocenters. The number of aromatic nitrogens is 1. The summed E-state index contributed by atoms with van der Waals surface area (Å²) in [6.45, 7) is 7.42. The number of ether oxygens (including phenoxy) is 1. The normalized spacial score (nSPS) is 19.6. The summed E-state index contributed by atoms with van der Waals surface area (Å²) in [5.74, 6) is 1.29. The molecule has 0 radical (unpaired) electrons. The van der Waals surface area contributed by atoms with Gasteiger partial charge in [-0.1, -0.05) is 36.4 Å². The molecule has 2 aromatic rings. The van der Waals surface area contributed by atoms with Crippen molar-refractivity contribution >= 4 is 11.6 Å². The van der Waals surface area contributed by atoms with Crippen molar-refractivity contribution in [2.45, 2.75) is 64.5 Å². The molecule has 1 N–H and O–H groups in total. The molecular formula is C26H35N3O2. The summed E-state index contributed by atoms with van der Waals surface area (Å²) in [7, 11) is 0. The highest BCUT2D eigenvalue weighted by atomic mass is 16.5. The van der Waals surface area contributed by atoms with Crippen LogP contribution in [0.3, 0.4) is 0 Å². The van der Waals surface area contributed by atoms with Gasteiger partial charge in [-0.05, 0) is 69.1 Å². The summed E-state index contributed by atoms with van der Waals surface area (Å²) in [6.07, 6.45) is 6.67. The van der Waals surface area contributed by atoms with E-state index >= 15 is 0 Å². The maximum atomic E-state index is 12.3. The van der Waals surface area contributed by atoms with Crippen molar-refractivity contribution in [2.24, 2.45) is 0 Å². The van der Waals surface area contributed by atoms with Gasteiger partial charge in [-0.3, -0.25) is 9.69 Å². The average Bonchev–Trinajstić information content (AvgIpc) is 3.22. The van der Waals surface area contributed by atoms with Gasteiger partial charge in [0.2, 0.25) is 0 Å². The number of hydrogen-bond donors (Lipinski definition) is 1. The fourth-order valence-electron chi connectivity index (χ4n) is 4.90. The third-order valence-electron chi connectivity index (χ3n) is 6.52. The molecule has 5 nitrogen and oxygen atoms in total. The predicted octanol–water partition coefficient (Wildman–Crippen LogP) is 4.49. The molecule has 1 aromatic heterocycles. The molecule has 1 saturated heterocycles. The van der Waals surface area contributed by atoms with Crippen molar-refractivity contribution in [1.82, 2.24) is 9.88 Å². The highest BCUT2D eigenvalue weighted by Crippen LogP contribution is 2.27. The van der Waals surface area contributed by atoms with E-state index in [1.165, 1.54) is 23.2 Å². The number of nitrogens with zero attached hydrogens (tertiary/aromatic N) is 2. The van der Waals surface area contributed by atoms with E-state index in [1.807, 2.05) is 30.3 Å². The van der Waals surface area contributed by atoms with Crippen LogP contribution in [0, 0.1) is 6.92 Å². The third-order valence-corrected chi connectivity index (χ3v) is 6.52. The maximum absolute atomic E-state index is 12.3. The number of carbonyl (C=O) groups excluding carboxylic acids is 1. The van der Waals surface area contributed by atoms with Crippen LogP contribution >= 0.6 is 0 Å². The van der Waals surface area contributed by atoms with Crippen LogP contribution < -0.4 is 5.32 Å². The second kappa shape index (κ2) is 10.4. The number of hydrogen-bond acceptors (Lipinski definition) is 5. The quantitative estimate of drug-likeness (QED) is 0.605. The van der Waals surface area contributed by atoms with E-state index in [-0.39, 0.29) is 17.9 Å². The molecule has 0 saturated carbocycles. The van der Waals surface area contributed by atoms with Crippen molar-refractivity contribution in [3.8, 4) is 0 Å². The molecule has 2 aliphatic heterocycles. The van der Waals surface area contributed by atoms with Gasteiger partial charge in [0.25, 0.3) is 0 Å². The Hall–Kier alpha value is -2.24. The first-order chi connectivity index (χ1) is 15.1. The number of aryl methyl sites for hydroxylation is 3. The van der Waals surface area contributed by atoms with Crippen LogP contribution in [0.2, 0.25) is 0 Å². The van der Waals surface area contributed by atoms with Crippen molar-refractivity contribution in [3.05, 3.63) is 58.8 Å². The Bertz CT molecular complexity index is 884. The number of pyridine rings is 1. The molecule has 0 unspecified atom stereocenters. The molecule has 31 heavy (non-hydrogen) atoms. The van der Waals surface area contributed by atoms with E-state index in [9.17, 15) is 4.79 Å². The molecule has 3 heterocycles. The molecular weight excluding hydrogens is 386 g/mol. The minimum absolute atomic E-state index is 0.151. The number of Topliss-reactive ketones (excluding diaryl/α,β-unsaturated/α-hetero) is 1. The fraction of sp³-hybridized carbons (Fsp3) is 0.538. The zero-order chi connectivity index (χ0) is 21.6. The summed E-state index contributed by atoms with van der Waals surface area (Å²) < 4.78 is 6.17. The summed E-state index contributed by atoms with van der Waals surface area (Å²) >= 11 is 0. The first-order valence-electron chi connectivity index (χ1n) is 11.8. The molecule has 1 fully saturated rings. The number of fused-ring (bicyclic) bond motifs is 1. The summed E-state index contributed by atoms with van der Waals surface area (Å²) in [6, 6.07) is 12.3. The Balaban J connectivity index is 1.21. The van der Waals surface area contributed by atoms with E-state index < -0.39 is 0 Å². The van der Waals surface area contributed by atoms with Crippen LogP contribution in [-0.4, -0.2) is 48.0 Å². The lowest BCUT2D eigenvalue weighted by molar-refractivity contribution is -0.122. The van der Waals surface area contributed by atoms with Crippen LogP contribution in [0.1, 0.15) is 61.0 Å². The molecule has 166 valence electrons. The van der Waals surface area contributed by atoms with Crippen LogP contribution in [0.15, 0.2) is 36.4 Å². The van der Waals surface area contributed by atoms with Gasteiger partial charge >= 0.3 is 0 Å². The highest BCUT2D eigenvalue weighted by Gasteiger charge is 2.32. The number of likely N-dealkylation sites (tertiary alicyclic amines) is 1. The van der Waals surface area contributed by atoms with E-state index in [2.05, 4.69) is 23.2 Å². The molecule has 2 aliphatic rings. The zero-order valence-electron chi connectivity index (χ0n) is 18.9. The standard InChI is InChI=1S/C26H35N3O2/c1-19-17-22-11-8-14-27-26(22)28-24(19)12-6-7-16-31-23-13-15-29(18-23)25(20(2)30)21-9-4-3-5-10-21/h3-5,9-10,17,23,25H,6-8,11-16,18H2,1-2H3,(H,27,28)/t23-,25+/m1/s1. The van der Waals surface area contributed by atoms with Crippen LogP contribution in [0.5, 0.6) is 0 Å². The van der Waals surface area contributed by atoms with Crippen LogP contribution in [-0.2, 0) is 22.4 Å². The van der Waals surface area contributed by atoms with Crippen molar-refractivity contribution in [1.29, 1.82) is 0 Å². The van der Waals surface area contributed by atoms with E-state index in [1.54, 1.807) is 6.92 Å². The average molecular weight is 422 g/mol. The van der Waals surface area contributed by atoms with Crippen molar-refractivity contribution in [3.63, 3.8) is 0 Å². The lowest BCUT2D eigenvalue weighted by Gasteiger charge is -2.26. The minimum Gasteiger partial charge on any atom is -0.377 e. The van der Waals surface area contributed by atoms with Gasteiger partial charge in [-0.25, -0.2) is 4.98 Å². The number of benzene rings is 1. The molecule has 5 heteroatoms. The fourth-order valence-corrected chi connectivity index (χ4v) is 4.90. The number of unbranched alkanes of at least 4 members (excludes halogenated alkanes) is 1. The number of rotatable bonds is 9. The first kappa shape index (κ1) is 22.0. The minimum atomic E-state index is -0.151. The van der Waals surface area contributed by atoms with Gasteiger partial charge < -0.3 is 10.1 Å². The van der Waals surface area contributed by atoms with Gasteiger partial charge in [-0.15, -0.1) is 0 Å². The largest absolute Gasteiger partial charge is 0.377 e. The molecule has 0 bridgehead atoms. The second-order valence-corrected chi connectivity index (χ2v) is 8.95. The SMILES string of the molecule is CC(=O)[C@@H](c1ccccc1)N1CC[C@@H](OCCCCc2nc3c(cc2C)CCCN3)C1. The summed E-state index contributed by atoms with van der Waals surface area (Å²) in [5.41, 5.74) is 4.97. The topological polar surface area (TPSA) is 54.5 Å². The Kier molecular flexibility index (Phi) is 7.36. The first-order valence-corrected chi connectivity index (χ1v) is 11.8. The summed E-state index contributed by atoms with van der Waals surface area (Å²) in [5, 5.41) is 3.44. The third kappa shape index (κ3) is 5.52. The van der Waals surface area contributed by atoms with E-state index in [0.29, 0.717) is 0 Å². The molecule has 1 aromatic carbocycles. The van der Waals surface area contributed by atoms with Crippen LogP contribution in [0.25, 0.3) is 0 Å². The Labute approximate surface area is 186 Å². The molecule has 0 aliphatic carbocycles. The van der Waals surface area contributed by atoms with Crippen molar-refractivity contribution in [2.75, 3.05) is 31.6 Å². The van der Waals surface area contributed by atoms with Gasteiger partial charge in [-0.2, -0.15) is 0 Å². The molecule has 0 amide bonds. The Morgan fingerprint density at radius 1 is 1.29 bits per heavy atom. The maximum Gasteiger partial charge on any atom is 0.151 e. The smallest absolute Gasteiger partial charge is 0.151 e. The van der Waals surface area contributed by atoms with Crippen LogP contribution in [0.4, 0.5) is 5.82 Å². The molecule has 0 spiro atoms. The lowest BCUT2D eigenvalue weighted by Crippen LogP contribution is -2.32. The van der Waals surface area contributed by atoms with Crippen molar-refractivity contribution < 1.29 is 9.53 Å². The number of ketones is 1. The highest BCUT2D eigenvalue weighted by molar-refractivity contribution is 5.83. The number of nitrogens with one attached hydrogen (secondary N) is 1. The Morgan fingerprint density at radius 3 is 2.94 bits per heavy atom. The number of anilines is 1. The van der Waals surface area contributed by atoms with E-state index in [0.717, 1.165) is 69.7 Å². The Morgan fingerprint density at radius 2 is 2.13 bits per heavy atom. The second-order valence-electron chi connectivity index (χ2n) is 8.95. The van der Waals surface area contributed by atoms with Gasteiger partial charge in [0.1, 0.15) is 5.82 Å². The van der Waals surface area contributed by atoms with E-state index in [4.69, 9.17) is 9.72 Å². The molecule has 4 rings (SSSR count). The summed E-state index contributed by atoms with van der Waals surface area (Å²) in [4.78, 5) is 19.4. The van der Waals surface area contributed by atoms with Gasteiger partial charge in [0.05, 0.1) is 12.1 Å². The predicted molar refractivity (Wildman–Crippen MR) is 125 cm³/mol. The monoisotopic (exact) mass is 421 g/mol. The van der Waals surface area contributed by atoms with Gasteiger partial charge in [0.15, 0.2) is 5.78 Å². The van der Waals surface area contributed by atoms with Gasteiger partial charge in [0, 0.05) is 31.9 Å². The number of carbonyl (C=O) groups is 1. The zero-order valence-corrected chi connectivity index (χ0v) is 18.9. The lowest BCUT2D eigenvalue weighted by atomic mass is 10.0.